The van der Waals surface area contributed by atoms with Gasteiger partial charge in [0.1, 0.15) is 0 Å². The Balaban J connectivity index is 0.00000113. The molecule has 0 aromatic carbocycles. The highest BCUT2D eigenvalue weighted by Gasteiger charge is 2.50. The first-order valence-electron chi connectivity index (χ1n) is 8.52. The van der Waals surface area contributed by atoms with Gasteiger partial charge in [-0.2, -0.15) is 0 Å². The van der Waals surface area contributed by atoms with E-state index in [-0.39, 0.29) is 42.2 Å². The standard InChI is InChI=1S/C17H23N5O.2ClH/c1-12(15-21-20-14-7-3-5-9-22(14)15)19-16(23)17-8-4-2-6-13(17)10-18-11-17;;/h3,5,7,9,12-13,18H,2,4,6,8,10-11H2,1H3,(H,19,23);2*1H/t12?,13-,17+;;/m0../s1. The summed E-state index contributed by atoms with van der Waals surface area (Å²) >= 11 is 0. The predicted octanol–water partition coefficient (Wildman–Crippen LogP) is 2.53. The van der Waals surface area contributed by atoms with E-state index in [1.54, 1.807) is 0 Å². The van der Waals surface area contributed by atoms with E-state index in [4.69, 9.17) is 0 Å². The van der Waals surface area contributed by atoms with Crippen molar-refractivity contribution in [2.75, 3.05) is 13.1 Å². The minimum atomic E-state index is -0.229. The first kappa shape index (κ1) is 19.9. The molecular formula is C17H25Cl2N5O. The van der Waals surface area contributed by atoms with Crippen LogP contribution in [-0.4, -0.2) is 33.6 Å². The van der Waals surface area contributed by atoms with E-state index < -0.39 is 0 Å². The molecule has 138 valence electrons. The van der Waals surface area contributed by atoms with Gasteiger partial charge in [-0.3, -0.25) is 9.20 Å². The molecule has 0 spiro atoms. The fraction of sp³-hybridized carbons (Fsp3) is 0.588. The Morgan fingerprint density at radius 1 is 1.36 bits per heavy atom. The lowest BCUT2D eigenvalue weighted by Crippen LogP contribution is -2.48. The van der Waals surface area contributed by atoms with Crippen LogP contribution in [0.3, 0.4) is 0 Å². The Bertz CT molecular complexity index is 737. The monoisotopic (exact) mass is 385 g/mol. The molecule has 2 aromatic heterocycles. The molecule has 3 atom stereocenters. The highest BCUT2D eigenvalue weighted by atomic mass is 35.5. The lowest BCUT2D eigenvalue weighted by atomic mass is 9.67. The summed E-state index contributed by atoms with van der Waals surface area (Å²) in [5, 5.41) is 15.1. The van der Waals surface area contributed by atoms with Crippen LogP contribution in [0, 0.1) is 11.3 Å². The molecule has 1 unspecified atom stereocenters. The maximum absolute atomic E-state index is 13.0. The molecule has 1 aliphatic carbocycles. The summed E-state index contributed by atoms with van der Waals surface area (Å²) in [6.45, 7) is 3.75. The number of hydrogen-bond donors (Lipinski definition) is 2. The van der Waals surface area contributed by atoms with Gasteiger partial charge in [0.2, 0.25) is 5.91 Å². The summed E-state index contributed by atoms with van der Waals surface area (Å²) in [6, 6.07) is 5.65. The van der Waals surface area contributed by atoms with E-state index >= 15 is 0 Å². The molecule has 1 aliphatic heterocycles. The first-order chi connectivity index (χ1) is 11.2. The SMILES string of the molecule is CC(NC(=O)[C@@]12CCCC[C@H]1CNC2)c1nnc2ccccn12.Cl.Cl. The van der Waals surface area contributed by atoms with Gasteiger partial charge in [-0.25, -0.2) is 0 Å². The maximum Gasteiger partial charge on any atom is 0.228 e. The molecule has 8 heteroatoms. The third-order valence-corrected chi connectivity index (χ3v) is 5.57. The Hall–Kier alpha value is -1.37. The Morgan fingerprint density at radius 2 is 2.20 bits per heavy atom. The van der Waals surface area contributed by atoms with Crippen molar-refractivity contribution in [1.82, 2.24) is 25.2 Å². The predicted molar refractivity (Wildman–Crippen MR) is 101 cm³/mol. The number of rotatable bonds is 3. The normalized spacial score (nSPS) is 26.2. The fourth-order valence-corrected chi connectivity index (χ4v) is 4.25. The average molecular weight is 386 g/mol. The second-order valence-corrected chi connectivity index (χ2v) is 6.91. The molecule has 2 aliphatic rings. The molecule has 2 fully saturated rings. The average Bonchev–Trinajstić information content (AvgIpc) is 3.19. The molecule has 4 rings (SSSR count). The summed E-state index contributed by atoms with van der Waals surface area (Å²) in [7, 11) is 0. The number of nitrogens with zero attached hydrogens (tertiary/aromatic N) is 3. The molecular weight excluding hydrogens is 361 g/mol. The molecule has 0 radical (unpaired) electrons. The minimum absolute atomic E-state index is 0. The molecule has 2 N–H and O–H groups in total. The Labute approximate surface area is 160 Å². The number of aromatic nitrogens is 3. The third-order valence-electron chi connectivity index (χ3n) is 5.57. The number of amides is 1. The number of fused-ring (bicyclic) bond motifs is 2. The Morgan fingerprint density at radius 3 is 3.04 bits per heavy atom. The molecule has 0 bridgehead atoms. The van der Waals surface area contributed by atoms with E-state index in [2.05, 4.69) is 20.8 Å². The van der Waals surface area contributed by atoms with Crippen molar-refractivity contribution in [3.8, 4) is 0 Å². The van der Waals surface area contributed by atoms with Gasteiger partial charge in [-0.1, -0.05) is 18.9 Å². The van der Waals surface area contributed by atoms with Crippen LogP contribution in [0.2, 0.25) is 0 Å². The van der Waals surface area contributed by atoms with Gasteiger partial charge in [0.25, 0.3) is 0 Å². The van der Waals surface area contributed by atoms with Crippen LogP contribution < -0.4 is 10.6 Å². The molecule has 3 heterocycles. The molecule has 6 nitrogen and oxygen atoms in total. The van der Waals surface area contributed by atoms with Crippen LogP contribution >= 0.6 is 24.8 Å². The van der Waals surface area contributed by atoms with Gasteiger partial charge >= 0.3 is 0 Å². The lowest BCUT2D eigenvalue weighted by Gasteiger charge is -2.37. The summed E-state index contributed by atoms with van der Waals surface area (Å²) in [6.07, 6.45) is 6.47. The number of pyridine rings is 1. The highest BCUT2D eigenvalue weighted by Crippen LogP contribution is 2.44. The summed E-state index contributed by atoms with van der Waals surface area (Å²) in [4.78, 5) is 13.0. The fourth-order valence-electron chi connectivity index (χ4n) is 4.25. The minimum Gasteiger partial charge on any atom is -0.346 e. The van der Waals surface area contributed by atoms with Gasteiger partial charge in [0, 0.05) is 12.7 Å². The maximum atomic E-state index is 13.0. The highest BCUT2D eigenvalue weighted by molar-refractivity contribution is 5.85. The summed E-state index contributed by atoms with van der Waals surface area (Å²) in [5.74, 6) is 1.43. The number of halogens is 2. The third kappa shape index (κ3) is 3.35. The van der Waals surface area contributed by atoms with Crippen molar-refractivity contribution in [2.45, 2.75) is 38.6 Å². The van der Waals surface area contributed by atoms with Crippen molar-refractivity contribution in [3.05, 3.63) is 30.2 Å². The van der Waals surface area contributed by atoms with Gasteiger partial charge in [0.15, 0.2) is 11.5 Å². The van der Waals surface area contributed by atoms with Crippen molar-refractivity contribution in [3.63, 3.8) is 0 Å². The van der Waals surface area contributed by atoms with Crippen LogP contribution in [-0.2, 0) is 4.79 Å². The van der Waals surface area contributed by atoms with Crippen LogP contribution in [0.1, 0.15) is 44.5 Å². The Kier molecular flexibility index (Phi) is 6.30. The van der Waals surface area contributed by atoms with Crippen molar-refractivity contribution >= 4 is 36.4 Å². The summed E-state index contributed by atoms with van der Waals surface area (Å²) in [5.41, 5.74) is 0.576. The topological polar surface area (TPSA) is 71.3 Å². The smallest absolute Gasteiger partial charge is 0.228 e. The second kappa shape index (κ2) is 7.89. The van der Waals surface area contributed by atoms with Crippen molar-refractivity contribution < 1.29 is 4.79 Å². The van der Waals surface area contributed by atoms with Gasteiger partial charge in [-0.15, -0.1) is 35.0 Å². The molecule has 1 saturated carbocycles. The number of carbonyl (C=O) groups excluding carboxylic acids is 1. The van der Waals surface area contributed by atoms with Crippen LogP contribution in [0.4, 0.5) is 0 Å². The molecule has 1 amide bonds. The van der Waals surface area contributed by atoms with Gasteiger partial charge < -0.3 is 10.6 Å². The van der Waals surface area contributed by atoms with Crippen LogP contribution in [0.15, 0.2) is 24.4 Å². The van der Waals surface area contributed by atoms with Crippen LogP contribution in [0.5, 0.6) is 0 Å². The molecule has 25 heavy (non-hydrogen) atoms. The molecule has 1 saturated heterocycles. The number of carbonyl (C=O) groups is 1. The summed E-state index contributed by atoms with van der Waals surface area (Å²) < 4.78 is 1.94. The van der Waals surface area contributed by atoms with E-state index in [0.717, 1.165) is 43.8 Å². The van der Waals surface area contributed by atoms with E-state index in [0.29, 0.717) is 5.92 Å². The van der Waals surface area contributed by atoms with E-state index in [1.807, 2.05) is 35.7 Å². The first-order valence-corrected chi connectivity index (χ1v) is 8.52. The van der Waals surface area contributed by atoms with Gasteiger partial charge in [0.05, 0.1) is 11.5 Å². The van der Waals surface area contributed by atoms with E-state index in [1.165, 1.54) is 6.42 Å². The molecule has 2 aromatic rings. The second-order valence-electron chi connectivity index (χ2n) is 6.91. The number of nitrogens with one attached hydrogen (secondary N) is 2. The largest absolute Gasteiger partial charge is 0.346 e. The number of hydrogen-bond acceptors (Lipinski definition) is 4. The van der Waals surface area contributed by atoms with Crippen molar-refractivity contribution in [1.29, 1.82) is 0 Å². The zero-order valence-corrected chi connectivity index (χ0v) is 15.9. The van der Waals surface area contributed by atoms with E-state index in [9.17, 15) is 4.79 Å². The van der Waals surface area contributed by atoms with Gasteiger partial charge in [-0.05, 0) is 44.4 Å². The lowest BCUT2D eigenvalue weighted by molar-refractivity contribution is -0.134. The zero-order chi connectivity index (χ0) is 15.9. The zero-order valence-electron chi connectivity index (χ0n) is 14.3. The van der Waals surface area contributed by atoms with Crippen LogP contribution in [0.25, 0.3) is 5.65 Å². The quantitative estimate of drug-likeness (QED) is 0.851. The van der Waals surface area contributed by atoms with Crippen molar-refractivity contribution in [2.24, 2.45) is 11.3 Å².